The van der Waals surface area contributed by atoms with E-state index in [1.54, 1.807) is 6.07 Å². The number of hydrogen-bond donors (Lipinski definition) is 1. The first-order valence-corrected chi connectivity index (χ1v) is 7.88. The predicted molar refractivity (Wildman–Crippen MR) is 98.3 cm³/mol. The molecule has 0 aliphatic rings. The molecule has 0 spiro atoms. The van der Waals surface area contributed by atoms with Crippen LogP contribution in [0.2, 0.25) is 0 Å². The summed E-state index contributed by atoms with van der Waals surface area (Å²) in [5, 5.41) is 9.49. The summed E-state index contributed by atoms with van der Waals surface area (Å²) in [4.78, 5) is 2.21. The minimum atomic E-state index is 0.599. The average molecular weight is 313 g/mol. The fourth-order valence-corrected chi connectivity index (χ4v) is 2.75. The van der Waals surface area contributed by atoms with E-state index in [0.29, 0.717) is 11.3 Å². The van der Waals surface area contributed by atoms with Crippen molar-refractivity contribution >= 4 is 11.4 Å². The van der Waals surface area contributed by atoms with Crippen molar-refractivity contribution in [2.24, 2.45) is 0 Å². The third kappa shape index (κ3) is 3.74. The van der Waals surface area contributed by atoms with Gasteiger partial charge in [0.1, 0.15) is 6.07 Å². The van der Waals surface area contributed by atoms with Crippen LogP contribution in [-0.4, -0.2) is 0 Å². The van der Waals surface area contributed by atoms with E-state index in [1.165, 1.54) is 11.1 Å². The number of nitrogens with zero attached hydrogens (tertiary/aromatic N) is 2. The molecule has 0 aliphatic heterocycles. The second kappa shape index (κ2) is 7.34. The van der Waals surface area contributed by atoms with Gasteiger partial charge in [0.05, 0.1) is 11.3 Å². The van der Waals surface area contributed by atoms with Crippen molar-refractivity contribution in [2.75, 3.05) is 10.6 Å². The van der Waals surface area contributed by atoms with E-state index in [4.69, 9.17) is 5.73 Å². The summed E-state index contributed by atoms with van der Waals surface area (Å²) in [5.41, 5.74) is 10.4. The van der Waals surface area contributed by atoms with Crippen LogP contribution in [-0.2, 0) is 13.1 Å². The highest BCUT2D eigenvalue weighted by molar-refractivity contribution is 5.64. The van der Waals surface area contributed by atoms with Gasteiger partial charge in [-0.3, -0.25) is 0 Å². The number of hydrogen-bond acceptors (Lipinski definition) is 3. The van der Waals surface area contributed by atoms with E-state index in [0.717, 1.165) is 18.8 Å². The lowest BCUT2D eigenvalue weighted by atomic mass is 10.1. The third-order valence-electron chi connectivity index (χ3n) is 3.91. The van der Waals surface area contributed by atoms with Crippen LogP contribution in [0.3, 0.4) is 0 Å². The fourth-order valence-electron chi connectivity index (χ4n) is 2.75. The molecule has 0 unspecified atom stereocenters. The molecule has 3 nitrogen and oxygen atoms in total. The van der Waals surface area contributed by atoms with Gasteiger partial charge in [0, 0.05) is 18.8 Å². The van der Waals surface area contributed by atoms with Crippen molar-refractivity contribution in [2.45, 2.75) is 13.1 Å². The van der Waals surface area contributed by atoms with Crippen LogP contribution < -0.4 is 10.6 Å². The Bertz CT molecular complexity index is 794. The highest BCUT2D eigenvalue weighted by Crippen LogP contribution is 2.26. The number of nitrogen functional groups attached to an aromatic ring is 1. The molecule has 3 heteroatoms. The van der Waals surface area contributed by atoms with E-state index in [-0.39, 0.29) is 0 Å². The predicted octanol–water partition coefficient (Wildman–Crippen LogP) is 4.35. The van der Waals surface area contributed by atoms with Gasteiger partial charge >= 0.3 is 0 Å². The van der Waals surface area contributed by atoms with Gasteiger partial charge in [-0.15, -0.1) is 0 Å². The molecule has 24 heavy (non-hydrogen) atoms. The fraction of sp³-hybridized carbons (Fsp3) is 0.0952. The topological polar surface area (TPSA) is 53.1 Å². The first-order chi connectivity index (χ1) is 11.8. The molecule has 2 N–H and O–H groups in total. The Morgan fingerprint density at radius 1 is 0.792 bits per heavy atom. The molecule has 0 aromatic heterocycles. The van der Waals surface area contributed by atoms with Crippen molar-refractivity contribution in [3.8, 4) is 6.07 Å². The minimum Gasteiger partial charge on any atom is -0.399 e. The minimum absolute atomic E-state index is 0.599. The first-order valence-electron chi connectivity index (χ1n) is 7.88. The zero-order valence-electron chi connectivity index (χ0n) is 13.4. The van der Waals surface area contributed by atoms with Crippen molar-refractivity contribution < 1.29 is 0 Å². The molecule has 0 saturated carbocycles. The van der Waals surface area contributed by atoms with Crippen LogP contribution in [0.1, 0.15) is 16.7 Å². The van der Waals surface area contributed by atoms with Gasteiger partial charge in [0.15, 0.2) is 0 Å². The maximum atomic E-state index is 9.49. The standard InChI is InChI=1S/C21H19N3/c22-14-19-13-20(23)11-12-21(19)24(15-17-7-3-1-4-8-17)16-18-9-5-2-6-10-18/h1-13H,15-16,23H2. The zero-order valence-corrected chi connectivity index (χ0v) is 13.4. The summed E-state index contributed by atoms with van der Waals surface area (Å²) >= 11 is 0. The van der Waals surface area contributed by atoms with Gasteiger partial charge < -0.3 is 10.6 Å². The molecule has 0 bridgehead atoms. The van der Waals surface area contributed by atoms with Crippen molar-refractivity contribution in [1.29, 1.82) is 5.26 Å². The Hall–Kier alpha value is -3.25. The lowest BCUT2D eigenvalue weighted by molar-refractivity contribution is 0.799. The molecular weight excluding hydrogens is 294 g/mol. The van der Waals surface area contributed by atoms with E-state index >= 15 is 0 Å². The Balaban J connectivity index is 1.97. The largest absolute Gasteiger partial charge is 0.399 e. The van der Waals surface area contributed by atoms with Crippen molar-refractivity contribution in [1.82, 2.24) is 0 Å². The smallest absolute Gasteiger partial charge is 0.101 e. The van der Waals surface area contributed by atoms with Crippen molar-refractivity contribution in [3.05, 3.63) is 95.6 Å². The number of anilines is 2. The number of rotatable bonds is 5. The molecule has 0 saturated heterocycles. The van der Waals surface area contributed by atoms with Crippen LogP contribution in [0.25, 0.3) is 0 Å². The van der Waals surface area contributed by atoms with E-state index in [2.05, 4.69) is 35.2 Å². The number of nitrogens with two attached hydrogens (primary N) is 1. The van der Waals surface area contributed by atoms with Crippen LogP contribution >= 0.6 is 0 Å². The van der Waals surface area contributed by atoms with Crippen molar-refractivity contribution in [3.63, 3.8) is 0 Å². The van der Waals surface area contributed by atoms with Gasteiger partial charge in [-0.05, 0) is 29.3 Å². The summed E-state index contributed by atoms with van der Waals surface area (Å²) < 4.78 is 0. The summed E-state index contributed by atoms with van der Waals surface area (Å²) in [7, 11) is 0. The second-order valence-electron chi connectivity index (χ2n) is 5.72. The molecule has 0 aliphatic carbocycles. The maximum Gasteiger partial charge on any atom is 0.101 e. The Morgan fingerprint density at radius 2 is 1.33 bits per heavy atom. The SMILES string of the molecule is N#Cc1cc(N)ccc1N(Cc1ccccc1)Cc1ccccc1. The Labute approximate surface area is 142 Å². The molecule has 0 heterocycles. The maximum absolute atomic E-state index is 9.49. The summed E-state index contributed by atoms with van der Waals surface area (Å²) in [6.07, 6.45) is 0. The average Bonchev–Trinajstić information content (AvgIpc) is 2.63. The van der Waals surface area contributed by atoms with Crippen LogP contribution in [0, 0.1) is 11.3 Å². The molecule has 0 fully saturated rings. The van der Waals surface area contributed by atoms with Gasteiger partial charge in [0.2, 0.25) is 0 Å². The van der Waals surface area contributed by atoms with E-state index in [1.807, 2.05) is 48.5 Å². The van der Waals surface area contributed by atoms with Gasteiger partial charge in [-0.25, -0.2) is 0 Å². The van der Waals surface area contributed by atoms with E-state index in [9.17, 15) is 5.26 Å². The van der Waals surface area contributed by atoms with Crippen LogP contribution in [0.15, 0.2) is 78.9 Å². The monoisotopic (exact) mass is 313 g/mol. The highest BCUT2D eigenvalue weighted by Gasteiger charge is 2.13. The summed E-state index contributed by atoms with van der Waals surface area (Å²) in [5.74, 6) is 0. The van der Waals surface area contributed by atoms with Gasteiger partial charge in [-0.2, -0.15) is 5.26 Å². The number of nitriles is 1. The normalized spacial score (nSPS) is 10.1. The first kappa shape index (κ1) is 15.6. The molecule has 118 valence electrons. The summed E-state index contributed by atoms with van der Waals surface area (Å²) in [6, 6.07) is 28.3. The molecule has 3 aromatic carbocycles. The quantitative estimate of drug-likeness (QED) is 0.713. The summed E-state index contributed by atoms with van der Waals surface area (Å²) in [6.45, 7) is 1.46. The molecule has 0 amide bonds. The Morgan fingerprint density at radius 3 is 1.83 bits per heavy atom. The lowest BCUT2D eigenvalue weighted by Gasteiger charge is -2.26. The number of benzene rings is 3. The van der Waals surface area contributed by atoms with Crippen LogP contribution in [0.5, 0.6) is 0 Å². The molecular formula is C21H19N3. The zero-order chi connectivity index (χ0) is 16.8. The van der Waals surface area contributed by atoms with E-state index < -0.39 is 0 Å². The van der Waals surface area contributed by atoms with Gasteiger partial charge in [-0.1, -0.05) is 60.7 Å². The highest BCUT2D eigenvalue weighted by atomic mass is 15.1. The molecule has 3 aromatic rings. The lowest BCUT2D eigenvalue weighted by Crippen LogP contribution is -2.23. The van der Waals surface area contributed by atoms with Gasteiger partial charge in [0.25, 0.3) is 0 Å². The third-order valence-corrected chi connectivity index (χ3v) is 3.91. The molecule has 0 radical (unpaired) electrons. The molecule has 3 rings (SSSR count). The Kier molecular flexibility index (Phi) is 4.78. The van der Waals surface area contributed by atoms with Crippen LogP contribution in [0.4, 0.5) is 11.4 Å². The second-order valence-corrected chi connectivity index (χ2v) is 5.72. The molecule has 0 atom stereocenters.